The normalized spacial score (nSPS) is 11.1. The number of nitrogens with zero attached hydrogens (tertiary/aromatic N) is 4. The molecule has 2 aromatic heterocycles. The number of hydrogen-bond acceptors (Lipinski definition) is 5. The molecule has 0 unspecified atom stereocenters. The molecular weight excluding hydrogens is 308 g/mol. The molecule has 0 aliphatic heterocycles. The van der Waals surface area contributed by atoms with Crippen LogP contribution in [0.25, 0.3) is 16.2 Å². The first-order valence-electron chi connectivity index (χ1n) is 7.68. The zero-order valence-electron chi connectivity index (χ0n) is 13.4. The van der Waals surface area contributed by atoms with Gasteiger partial charge in [0, 0.05) is 12.0 Å². The fraction of sp³-hybridized carbons (Fsp3) is 0.353. The number of nitriles is 1. The topological polar surface area (TPSA) is 63.2 Å². The van der Waals surface area contributed by atoms with Crippen LogP contribution in [0.5, 0.6) is 5.75 Å². The molecule has 0 aliphatic carbocycles. The smallest absolute Gasteiger partial charge is 0.214 e. The van der Waals surface area contributed by atoms with E-state index in [2.05, 4.69) is 23.1 Å². The minimum absolute atomic E-state index is 0.134. The van der Waals surface area contributed by atoms with Gasteiger partial charge in [0.05, 0.1) is 6.10 Å². The molecule has 2 heterocycles. The van der Waals surface area contributed by atoms with Crippen molar-refractivity contribution in [2.45, 2.75) is 39.7 Å². The zero-order chi connectivity index (χ0) is 16.4. The summed E-state index contributed by atoms with van der Waals surface area (Å²) in [6.07, 6.45) is 2.08. The summed E-state index contributed by atoms with van der Waals surface area (Å²) in [7, 11) is 0. The predicted molar refractivity (Wildman–Crippen MR) is 90.8 cm³/mol. The van der Waals surface area contributed by atoms with E-state index < -0.39 is 0 Å². The van der Waals surface area contributed by atoms with Gasteiger partial charge in [-0.05, 0) is 44.5 Å². The first kappa shape index (κ1) is 15.5. The molecule has 0 aliphatic rings. The van der Waals surface area contributed by atoms with E-state index in [9.17, 15) is 5.26 Å². The lowest BCUT2D eigenvalue weighted by Crippen LogP contribution is -2.05. The molecule has 0 N–H and O–H groups in total. The van der Waals surface area contributed by atoms with Crippen LogP contribution in [0.4, 0.5) is 0 Å². The molecule has 118 valence electrons. The van der Waals surface area contributed by atoms with Crippen molar-refractivity contribution in [1.82, 2.24) is 14.6 Å². The van der Waals surface area contributed by atoms with Gasteiger partial charge < -0.3 is 4.74 Å². The van der Waals surface area contributed by atoms with E-state index in [0.29, 0.717) is 11.4 Å². The van der Waals surface area contributed by atoms with Gasteiger partial charge in [-0.2, -0.15) is 14.9 Å². The van der Waals surface area contributed by atoms with Gasteiger partial charge in [-0.3, -0.25) is 0 Å². The second-order valence-electron chi connectivity index (χ2n) is 5.55. The van der Waals surface area contributed by atoms with Crippen LogP contribution in [-0.2, 0) is 6.42 Å². The Morgan fingerprint density at radius 3 is 2.65 bits per heavy atom. The minimum atomic E-state index is 0.134. The number of imidazole rings is 1. The van der Waals surface area contributed by atoms with Gasteiger partial charge in [0.25, 0.3) is 0 Å². The van der Waals surface area contributed by atoms with Crippen molar-refractivity contribution in [3.63, 3.8) is 0 Å². The summed E-state index contributed by atoms with van der Waals surface area (Å²) < 4.78 is 7.30. The van der Waals surface area contributed by atoms with E-state index in [1.807, 2.05) is 38.1 Å². The summed E-state index contributed by atoms with van der Waals surface area (Å²) in [6, 6.07) is 9.90. The number of aromatic nitrogens is 3. The fourth-order valence-corrected chi connectivity index (χ4v) is 3.36. The van der Waals surface area contributed by atoms with Crippen LogP contribution in [0, 0.1) is 11.3 Å². The van der Waals surface area contributed by atoms with Crippen molar-refractivity contribution < 1.29 is 4.74 Å². The van der Waals surface area contributed by atoms with Gasteiger partial charge in [-0.25, -0.2) is 4.98 Å². The zero-order valence-corrected chi connectivity index (χ0v) is 14.2. The van der Waals surface area contributed by atoms with Gasteiger partial charge in [0.1, 0.15) is 22.5 Å². The van der Waals surface area contributed by atoms with Crippen LogP contribution in [0.15, 0.2) is 24.3 Å². The van der Waals surface area contributed by atoms with Crippen LogP contribution in [0.2, 0.25) is 0 Å². The molecule has 5 nitrogen and oxygen atoms in total. The molecule has 0 saturated carbocycles. The summed E-state index contributed by atoms with van der Waals surface area (Å²) in [5.41, 5.74) is 2.05. The highest BCUT2D eigenvalue weighted by molar-refractivity contribution is 7.16. The van der Waals surface area contributed by atoms with Gasteiger partial charge in [0.15, 0.2) is 5.69 Å². The maximum absolute atomic E-state index is 9.51. The van der Waals surface area contributed by atoms with Crippen molar-refractivity contribution in [2.75, 3.05) is 0 Å². The Morgan fingerprint density at radius 2 is 2.04 bits per heavy atom. The van der Waals surface area contributed by atoms with E-state index in [4.69, 9.17) is 4.74 Å². The lowest BCUT2D eigenvalue weighted by Gasteiger charge is -2.09. The molecule has 0 spiro atoms. The largest absolute Gasteiger partial charge is 0.491 e. The van der Waals surface area contributed by atoms with Crippen LogP contribution >= 0.6 is 11.3 Å². The van der Waals surface area contributed by atoms with E-state index >= 15 is 0 Å². The molecule has 3 aromatic rings. The molecule has 0 radical (unpaired) electrons. The molecule has 3 rings (SSSR count). The number of benzene rings is 1. The number of aryl methyl sites for hydroxylation is 1. The Hall–Kier alpha value is -2.39. The maximum Gasteiger partial charge on any atom is 0.214 e. The van der Waals surface area contributed by atoms with Crippen LogP contribution in [-0.4, -0.2) is 20.7 Å². The highest BCUT2D eigenvalue weighted by atomic mass is 32.1. The monoisotopic (exact) mass is 326 g/mol. The van der Waals surface area contributed by atoms with Crippen molar-refractivity contribution in [2.24, 2.45) is 0 Å². The first-order valence-corrected chi connectivity index (χ1v) is 8.49. The Morgan fingerprint density at radius 1 is 1.30 bits per heavy atom. The third kappa shape index (κ3) is 3.06. The van der Waals surface area contributed by atoms with E-state index in [0.717, 1.165) is 34.1 Å². The van der Waals surface area contributed by atoms with Crippen LogP contribution < -0.4 is 4.74 Å². The van der Waals surface area contributed by atoms with Crippen LogP contribution in [0.1, 0.15) is 37.9 Å². The van der Waals surface area contributed by atoms with Crippen molar-refractivity contribution in [3.8, 4) is 23.1 Å². The lowest BCUT2D eigenvalue weighted by molar-refractivity contribution is 0.242. The highest BCUT2D eigenvalue weighted by Crippen LogP contribution is 2.28. The summed E-state index contributed by atoms with van der Waals surface area (Å²) in [5, 5.41) is 15.0. The highest BCUT2D eigenvalue weighted by Gasteiger charge is 2.17. The van der Waals surface area contributed by atoms with Crippen molar-refractivity contribution in [1.29, 1.82) is 5.26 Å². The number of hydrogen-bond donors (Lipinski definition) is 0. The molecule has 0 atom stereocenters. The SMILES string of the molecule is CCCc1nn2c(C#N)c(-c3ccc(OC(C)C)cc3)nc2s1. The molecule has 23 heavy (non-hydrogen) atoms. The standard InChI is InChI=1S/C17H18N4OS/c1-4-5-15-20-21-14(10-18)16(19-17(21)23-15)12-6-8-13(9-7-12)22-11(2)3/h6-9,11H,4-5H2,1-3H3. The van der Waals surface area contributed by atoms with E-state index in [1.54, 1.807) is 15.9 Å². The summed E-state index contributed by atoms with van der Waals surface area (Å²) in [5.74, 6) is 0.812. The summed E-state index contributed by atoms with van der Waals surface area (Å²) in [6.45, 7) is 6.09. The lowest BCUT2D eigenvalue weighted by atomic mass is 10.1. The molecule has 0 saturated heterocycles. The average Bonchev–Trinajstić information content (AvgIpc) is 3.04. The van der Waals surface area contributed by atoms with Gasteiger partial charge >= 0.3 is 0 Å². The van der Waals surface area contributed by atoms with Gasteiger partial charge in [-0.1, -0.05) is 18.3 Å². The third-order valence-corrected chi connectivity index (χ3v) is 4.28. The number of rotatable bonds is 5. The molecule has 6 heteroatoms. The number of ether oxygens (including phenoxy) is 1. The predicted octanol–water partition coefficient (Wildman–Crippen LogP) is 4.07. The van der Waals surface area contributed by atoms with E-state index in [-0.39, 0.29) is 6.10 Å². The Bertz CT molecular complexity index is 855. The quantitative estimate of drug-likeness (QED) is 0.709. The second-order valence-corrected chi connectivity index (χ2v) is 6.59. The third-order valence-electron chi connectivity index (χ3n) is 3.31. The van der Waals surface area contributed by atoms with Crippen LogP contribution in [0.3, 0.4) is 0 Å². The molecule has 1 aromatic carbocycles. The molecule has 0 amide bonds. The average molecular weight is 326 g/mol. The maximum atomic E-state index is 9.51. The van der Waals surface area contributed by atoms with E-state index in [1.165, 1.54) is 0 Å². The molecule has 0 bridgehead atoms. The van der Waals surface area contributed by atoms with Gasteiger partial charge in [-0.15, -0.1) is 0 Å². The first-order chi connectivity index (χ1) is 11.1. The van der Waals surface area contributed by atoms with Crippen molar-refractivity contribution in [3.05, 3.63) is 35.0 Å². The summed E-state index contributed by atoms with van der Waals surface area (Å²) >= 11 is 1.54. The Balaban J connectivity index is 1.99. The number of fused-ring (bicyclic) bond motifs is 1. The van der Waals surface area contributed by atoms with Gasteiger partial charge in [0.2, 0.25) is 4.96 Å². The fourth-order valence-electron chi connectivity index (χ4n) is 2.37. The molecular formula is C17H18N4OS. The Labute approximate surface area is 139 Å². The second kappa shape index (κ2) is 6.39. The molecule has 0 fully saturated rings. The van der Waals surface area contributed by atoms with Crippen molar-refractivity contribution >= 4 is 16.3 Å². The summed E-state index contributed by atoms with van der Waals surface area (Å²) in [4.78, 5) is 5.37. The Kier molecular flexibility index (Phi) is 4.30. The minimum Gasteiger partial charge on any atom is -0.491 e.